The van der Waals surface area contributed by atoms with Crippen molar-refractivity contribution in [3.8, 4) is 0 Å². The lowest BCUT2D eigenvalue weighted by Crippen LogP contribution is -2.23. The molecule has 0 fully saturated rings. The van der Waals surface area contributed by atoms with Gasteiger partial charge >= 0.3 is 12.1 Å². The highest BCUT2D eigenvalue weighted by molar-refractivity contribution is 5.78. The molecule has 0 bridgehead atoms. The second-order valence-corrected chi connectivity index (χ2v) is 3.43. The molecule has 0 saturated heterocycles. The van der Waals surface area contributed by atoms with E-state index >= 15 is 0 Å². The van der Waals surface area contributed by atoms with Crippen LogP contribution in [0.2, 0.25) is 0 Å². The van der Waals surface area contributed by atoms with Gasteiger partial charge in [0, 0.05) is 6.54 Å². The summed E-state index contributed by atoms with van der Waals surface area (Å²) in [6.45, 7) is -0.103. The fourth-order valence-electron chi connectivity index (χ4n) is 1.44. The smallest absolute Gasteiger partial charge is 0.416 e. The zero-order valence-electron chi connectivity index (χ0n) is 9.12. The maximum absolute atomic E-state index is 12.5. The van der Waals surface area contributed by atoms with Crippen molar-refractivity contribution in [2.45, 2.75) is 12.1 Å². The third-order valence-electron chi connectivity index (χ3n) is 2.34. The second kappa shape index (κ2) is 5.18. The van der Waals surface area contributed by atoms with Crippen molar-refractivity contribution < 1.29 is 22.7 Å². The van der Waals surface area contributed by atoms with Crippen LogP contribution in [0.3, 0.4) is 0 Å². The van der Waals surface area contributed by atoms with Crippen molar-refractivity contribution >= 4 is 5.97 Å². The molecular formula is C11H12F3NO2. The van der Waals surface area contributed by atoms with E-state index in [0.29, 0.717) is 0 Å². The minimum Gasteiger partial charge on any atom is -0.469 e. The van der Waals surface area contributed by atoms with Crippen molar-refractivity contribution in [1.29, 1.82) is 0 Å². The van der Waals surface area contributed by atoms with Gasteiger partial charge < -0.3 is 10.5 Å². The number of alkyl halides is 3. The Morgan fingerprint density at radius 2 is 2.12 bits per heavy atom. The number of hydrogen-bond acceptors (Lipinski definition) is 3. The second-order valence-electron chi connectivity index (χ2n) is 3.43. The third-order valence-corrected chi connectivity index (χ3v) is 2.34. The molecule has 6 heteroatoms. The fourth-order valence-corrected chi connectivity index (χ4v) is 1.44. The van der Waals surface area contributed by atoms with Crippen molar-refractivity contribution in [3.05, 3.63) is 35.4 Å². The van der Waals surface area contributed by atoms with E-state index in [-0.39, 0.29) is 12.1 Å². The minimum absolute atomic E-state index is 0.103. The maximum atomic E-state index is 12.5. The van der Waals surface area contributed by atoms with Crippen LogP contribution in [0.1, 0.15) is 17.0 Å². The van der Waals surface area contributed by atoms with E-state index in [9.17, 15) is 18.0 Å². The van der Waals surface area contributed by atoms with E-state index in [2.05, 4.69) is 4.74 Å². The number of halogens is 3. The molecule has 2 N–H and O–H groups in total. The molecule has 0 spiro atoms. The quantitative estimate of drug-likeness (QED) is 0.830. The minimum atomic E-state index is -4.44. The van der Waals surface area contributed by atoms with E-state index in [1.807, 2.05) is 0 Å². The number of carbonyl (C=O) groups is 1. The summed E-state index contributed by atoms with van der Waals surface area (Å²) in [5.41, 5.74) is 4.75. The first kappa shape index (κ1) is 13.5. The summed E-state index contributed by atoms with van der Waals surface area (Å²) >= 11 is 0. The summed E-state index contributed by atoms with van der Waals surface area (Å²) in [6, 6.07) is 4.51. The third kappa shape index (κ3) is 3.20. The molecular weight excluding hydrogens is 235 g/mol. The van der Waals surface area contributed by atoms with Gasteiger partial charge in [-0.3, -0.25) is 4.79 Å². The SMILES string of the molecule is COC(=O)C(CN)c1cccc(C(F)(F)F)c1. The Bertz CT molecular complexity index is 404. The highest BCUT2D eigenvalue weighted by Gasteiger charge is 2.31. The molecule has 0 aromatic heterocycles. The molecule has 0 aliphatic carbocycles. The number of esters is 1. The lowest BCUT2D eigenvalue weighted by atomic mass is 9.97. The molecule has 1 aromatic carbocycles. The van der Waals surface area contributed by atoms with Gasteiger partial charge in [-0.25, -0.2) is 0 Å². The molecule has 0 aliphatic rings. The fraction of sp³-hybridized carbons (Fsp3) is 0.364. The molecule has 0 saturated carbocycles. The van der Waals surface area contributed by atoms with Crippen molar-refractivity contribution in [2.24, 2.45) is 5.73 Å². The first-order chi connectivity index (χ1) is 7.90. The predicted octanol–water partition coefficient (Wildman–Crippen LogP) is 1.92. The Labute approximate surface area is 96.4 Å². The lowest BCUT2D eigenvalue weighted by Gasteiger charge is -2.14. The van der Waals surface area contributed by atoms with Crippen LogP contribution in [0.15, 0.2) is 24.3 Å². The van der Waals surface area contributed by atoms with Crippen molar-refractivity contribution in [1.82, 2.24) is 0 Å². The van der Waals surface area contributed by atoms with Gasteiger partial charge in [0.2, 0.25) is 0 Å². The van der Waals surface area contributed by atoms with Gasteiger partial charge in [0.25, 0.3) is 0 Å². The van der Waals surface area contributed by atoms with Crippen LogP contribution < -0.4 is 5.73 Å². The van der Waals surface area contributed by atoms with E-state index in [1.54, 1.807) is 0 Å². The van der Waals surface area contributed by atoms with Crippen molar-refractivity contribution in [2.75, 3.05) is 13.7 Å². The number of ether oxygens (including phenoxy) is 1. The topological polar surface area (TPSA) is 52.3 Å². The average Bonchev–Trinajstić information content (AvgIpc) is 2.29. The number of rotatable bonds is 3. The zero-order valence-corrected chi connectivity index (χ0v) is 9.12. The molecule has 1 atom stereocenters. The van der Waals surface area contributed by atoms with Gasteiger partial charge in [-0.2, -0.15) is 13.2 Å². The number of methoxy groups -OCH3 is 1. The summed E-state index contributed by atoms with van der Waals surface area (Å²) in [5.74, 6) is -1.52. The Kier molecular flexibility index (Phi) is 4.11. The van der Waals surface area contributed by atoms with Crippen LogP contribution in [-0.2, 0) is 15.7 Å². The molecule has 1 unspecified atom stereocenters. The van der Waals surface area contributed by atoms with Crippen LogP contribution in [0, 0.1) is 0 Å². The summed E-state index contributed by atoms with van der Waals surface area (Å²) in [5, 5.41) is 0. The number of hydrogen-bond donors (Lipinski definition) is 1. The molecule has 1 aromatic rings. The summed E-state index contributed by atoms with van der Waals surface area (Å²) < 4.78 is 41.9. The lowest BCUT2D eigenvalue weighted by molar-refractivity contribution is -0.142. The zero-order chi connectivity index (χ0) is 13.1. The molecule has 1 rings (SSSR count). The molecule has 17 heavy (non-hydrogen) atoms. The van der Waals surface area contributed by atoms with E-state index in [0.717, 1.165) is 12.1 Å². The molecule has 3 nitrogen and oxygen atoms in total. The largest absolute Gasteiger partial charge is 0.469 e. The summed E-state index contributed by atoms with van der Waals surface area (Å²) in [4.78, 5) is 11.3. The highest BCUT2D eigenvalue weighted by Crippen LogP contribution is 2.31. The Balaban J connectivity index is 3.10. The van der Waals surface area contributed by atoms with Gasteiger partial charge in [-0.1, -0.05) is 18.2 Å². The molecule has 0 amide bonds. The van der Waals surface area contributed by atoms with E-state index in [1.165, 1.54) is 19.2 Å². The van der Waals surface area contributed by atoms with Crippen LogP contribution >= 0.6 is 0 Å². The Hall–Kier alpha value is -1.56. The summed E-state index contributed by atoms with van der Waals surface area (Å²) in [6.07, 6.45) is -4.44. The monoisotopic (exact) mass is 247 g/mol. The number of nitrogens with two attached hydrogens (primary N) is 1. The molecule has 94 valence electrons. The highest BCUT2D eigenvalue weighted by atomic mass is 19.4. The van der Waals surface area contributed by atoms with E-state index in [4.69, 9.17) is 5.73 Å². The van der Waals surface area contributed by atoms with Gasteiger partial charge in [0.1, 0.15) is 0 Å². The van der Waals surface area contributed by atoms with Crippen LogP contribution in [0.4, 0.5) is 13.2 Å². The first-order valence-electron chi connectivity index (χ1n) is 4.85. The average molecular weight is 247 g/mol. The van der Waals surface area contributed by atoms with Gasteiger partial charge in [0.15, 0.2) is 0 Å². The van der Waals surface area contributed by atoms with Gasteiger partial charge in [-0.05, 0) is 11.6 Å². The number of carbonyl (C=O) groups excluding carboxylic acids is 1. The number of benzene rings is 1. The van der Waals surface area contributed by atoms with Crippen molar-refractivity contribution in [3.63, 3.8) is 0 Å². The van der Waals surface area contributed by atoms with Gasteiger partial charge in [-0.15, -0.1) is 0 Å². The van der Waals surface area contributed by atoms with Gasteiger partial charge in [0.05, 0.1) is 18.6 Å². The predicted molar refractivity (Wildman–Crippen MR) is 55.3 cm³/mol. The van der Waals surface area contributed by atoms with Crippen LogP contribution in [0.25, 0.3) is 0 Å². The first-order valence-corrected chi connectivity index (χ1v) is 4.85. The Morgan fingerprint density at radius 3 is 2.59 bits per heavy atom. The molecule has 0 aliphatic heterocycles. The van der Waals surface area contributed by atoms with E-state index < -0.39 is 23.6 Å². The standard InChI is InChI=1S/C11H12F3NO2/c1-17-10(16)9(6-15)7-3-2-4-8(5-7)11(12,13)14/h2-5,9H,6,15H2,1H3. The Morgan fingerprint density at radius 1 is 1.47 bits per heavy atom. The summed E-state index contributed by atoms with van der Waals surface area (Å²) in [7, 11) is 1.17. The maximum Gasteiger partial charge on any atom is 0.416 e. The van der Waals surface area contributed by atoms with Crippen LogP contribution in [-0.4, -0.2) is 19.6 Å². The normalized spacial score (nSPS) is 13.2. The van der Waals surface area contributed by atoms with Crippen LogP contribution in [0.5, 0.6) is 0 Å². The molecule has 0 heterocycles. The molecule has 0 radical (unpaired) electrons.